The molecule has 2 N–H and O–H groups in total. The van der Waals surface area contributed by atoms with Crippen LogP contribution in [0.4, 0.5) is 0 Å². The SMILES string of the molecule is Cc1[nH]c2cccc(C)c2c1C1=CCNCC1. The maximum atomic E-state index is 3.50. The molecule has 0 saturated heterocycles. The number of H-pyrrole nitrogens is 1. The minimum absolute atomic E-state index is 0.993. The van der Waals surface area contributed by atoms with Crippen molar-refractivity contribution in [2.24, 2.45) is 0 Å². The molecule has 1 aliphatic rings. The lowest BCUT2D eigenvalue weighted by Gasteiger charge is -2.15. The van der Waals surface area contributed by atoms with Gasteiger partial charge in [0.05, 0.1) is 0 Å². The first-order chi connectivity index (χ1) is 8.27. The van der Waals surface area contributed by atoms with E-state index in [0.29, 0.717) is 0 Å². The zero-order valence-electron chi connectivity index (χ0n) is 10.4. The van der Waals surface area contributed by atoms with Crippen molar-refractivity contribution in [3.05, 3.63) is 41.1 Å². The molecule has 3 rings (SSSR count). The molecule has 0 bridgehead atoms. The number of aryl methyl sites for hydroxylation is 2. The van der Waals surface area contributed by atoms with Gasteiger partial charge in [-0.3, -0.25) is 0 Å². The number of rotatable bonds is 1. The molecule has 1 aromatic carbocycles. The third-order valence-corrected chi connectivity index (χ3v) is 3.60. The van der Waals surface area contributed by atoms with Crippen LogP contribution in [0.15, 0.2) is 24.3 Å². The number of aromatic amines is 1. The smallest absolute Gasteiger partial charge is 0.0465 e. The van der Waals surface area contributed by atoms with Crippen molar-refractivity contribution in [2.45, 2.75) is 20.3 Å². The van der Waals surface area contributed by atoms with E-state index >= 15 is 0 Å². The van der Waals surface area contributed by atoms with Gasteiger partial charge in [-0.05, 0) is 44.0 Å². The van der Waals surface area contributed by atoms with Gasteiger partial charge < -0.3 is 10.3 Å². The summed E-state index contributed by atoms with van der Waals surface area (Å²) in [5.41, 5.74) is 6.84. The van der Waals surface area contributed by atoms with E-state index in [-0.39, 0.29) is 0 Å². The Hall–Kier alpha value is -1.54. The molecule has 2 heterocycles. The van der Waals surface area contributed by atoms with E-state index in [4.69, 9.17) is 0 Å². The summed E-state index contributed by atoms with van der Waals surface area (Å²) in [6.45, 7) is 6.45. The first kappa shape index (κ1) is 10.6. The highest BCUT2D eigenvalue weighted by Crippen LogP contribution is 2.32. The molecular formula is C15H18N2. The van der Waals surface area contributed by atoms with Crippen LogP contribution in [0.25, 0.3) is 16.5 Å². The fourth-order valence-electron chi connectivity index (χ4n) is 2.81. The van der Waals surface area contributed by atoms with Gasteiger partial charge in [-0.2, -0.15) is 0 Å². The van der Waals surface area contributed by atoms with Crippen molar-refractivity contribution < 1.29 is 0 Å². The summed E-state index contributed by atoms with van der Waals surface area (Å²) < 4.78 is 0. The topological polar surface area (TPSA) is 27.8 Å². The second-order valence-corrected chi connectivity index (χ2v) is 4.81. The normalized spacial score (nSPS) is 16.2. The van der Waals surface area contributed by atoms with E-state index < -0.39 is 0 Å². The first-order valence-corrected chi connectivity index (χ1v) is 6.25. The van der Waals surface area contributed by atoms with Gasteiger partial charge in [-0.15, -0.1) is 0 Å². The van der Waals surface area contributed by atoms with Gasteiger partial charge in [0.2, 0.25) is 0 Å². The average molecular weight is 226 g/mol. The number of nitrogens with one attached hydrogen (secondary N) is 2. The zero-order chi connectivity index (χ0) is 11.8. The lowest BCUT2D eigenvalue weighted by molar-refractivity contribution is 0.738. The molecule has 1 aromatic heterocycles. The van der Waals surface area contributed by atoms with E-state index in [9.17, 15) is 0 Å². The molecule has 0 fully saturated rings. The molecule has 0 aliphatic carbocycles. The summed E-state index contributed by atoms with van der Waals surface area (Å²) in [7, 11) is 0. The second-order valence-electron chi connectivity index (χ2n) is 4.81. The van der Waals surface area contributed by atoms with Crippen molar-refractivity contribution in [1.29, 1.82) is 0 Å². The van der Waals surface area contributed by atoms with E-state index in [1.54, 1.807) is 0 Å². The van der Waals surface area contributed by atoms with Crippen LogP contribution in [-0.2, 0) is 0 Å². The molecule has 17 heavy (non-hydrogen) atoms. The van der Waals surface area contributed by atoms with Crippen molar-refractivity contribution in [1.82, 2.24) is 10.3 Å². The summed E-state index contributed by atoms with van der Waals surface area (Å²) in [5, 5.41) is 4.77. The minimum Gasteiger partial charge on any atom is -0.358 e. The summed E-state index contributed by atoms with van der Waals surface area (Å²) in [6, 6.07) is 6.48. The fourth-order valence-corrected chi connectivity index (χ4v) is 2.81. The van der Waals surface area contributed by atoms with Crippen molar-refractivity contribution in [3.8, 4) is 0 Å². The summed E-state index contributed by atoms with van der Waals surface area (Å²) in [4.78, 5) is 3.50. The van der Waals surface area contributed by atoms with E-state index in [1.165, 1.54) is 33.3 Å². The Labute approximate surface area is 102 Å². The maximum absolute atomic E-state index is 3.50. The highest BCUT2D eigenvalue weighted by molar-refractivity contribution is 5.96. The number of aromatic nitrogens is 1. The lowest BCUT2D eigenvalue weighted by atomic mass is 9.95. The van der Waals surface area contributed by atoms with Crippen molar-refractivity contribution in [3.63, 3.8) is 0 Å². The predicted octanol–water partition coefficient (Wildman–Crippen LogP) is 3.16. The molecule has 0 atom stereocenters. The van der Waals surface area contributed by atoms with Gasteiger partial charge in [0, 0.05) is 28.7 Å². The van der Waals surface area contributed by atoms with Crippen molar-refractivity contribution >= 4 is 16.5 Å². The number of fused-ring (bicyclic) bond motifs is 1. The van der Waals surface area contributed by atoms with Crippen LogP contribution in [-0.4, -0.2) is 18.1 Å². The van der Waals surface area contributed by atoms with Crippen LogP contribution in [0.5, 0.6) is 0 Å². The molecule has 1 aliphatic heterocycles. The quantitative estimate of drug-likeness (QED) is 0.768. The summed E-state index contributed by atoms with van der Waals surface area (Å²) in [5.74, 6) is 0. The Kier molecular flexibility index (Phi) is 2.52. The molecule has 0 saturated carbocycles. The van der Waals surface area contributed by atoms with Crippen LogP contribution in [0, 0.1) is 13.8 Å². The predicted molar refractivity (Wildman–Crippen MR) is 73.2 cm³/mol. The fraction of sp³-hybridized carbons (Fsp3) is 0.333. The largest absolute Gasteiger partial charge is 0.358 e. The van der Waals surface area contributed by atoms with Crippen LogP contribution in [0.3, 0.4) is 0 Å². The lowest BCUT2D eigenvalue weighted by Crippen LogP contribution is -2.20. The van der Waals surface area contributed by atoms with Gasteiger partial charge in [-0.1, -0.05) is 18.2 Å². The standard InChI is InChI=1S/C15H18N2/c1-10-4-3-5-13-14(10)15(11(2)17-13)12-6-8-16-9-7-12/h3-6,16-17H,7-9H2,1-2H3. The number of hydrogen-bond donors (Lipinski definition) is 2. The van der Waals surface area contributed by atoms with E-state index in [2.05, 4.69) is 48.4 Å². The van der Waals surface area contributed by atoms with Gasteiger partial charge in [0.25, 0.3) is 0 Å². The van der Waals surface area contributed by atoms with Crippen LogP contribution in [0.1, 0.15) is 23.2 Å². The molecule has 2 aromatic rings. The Balaban J connectivity index is 2.27. The van der Waals surface area contributed by atoms with Crippen LogP contribution >= 0.6 is 0 Å². The number of hydrogen-bond acceptors (Lipinski definition) is 1. The second kappa shape index (κ2) is 4.04. The minimum atomic E-state index is 0.993. The molecule has 88 valence electrons. The van der Waals surface area contributed by atoms with Gasteiger partial charge >= 0.3 is 0 Å². The van der Waals surface area contributed by atoms with E-state index in [1.807, 2.05) is 0 Å². The van der Waals surface area contributed by atoms with Gasteiger partial charge in [-0.25, -0.2) is 0 Å². The molecule has 0 unspecified atom stereocenters. The van der Waals surface area contributed by atoms with Crippen molar-refractivity contribution in [2.75, 3.05) is 13.1 Å². The first-order valence-electron chi connectivity index (χ1n) is 6.25. The summed E-state index contributed by atoms with van der Waals surface area (Å²) in [6.07, 6.45) is 3.45. The Morgan fingerprint density at radius 3 is 2.82 bits per heavy atom. The monoisotopic (exact) mass is 226 g/mol. The number of benzene rings is 1. The Morgan fingerprint density at radius 1 is 1.18 bits per heavy atom. The molecule has 2 heteroatoms. The Morgan fingerprint density at radius 2 is 2.06 bits per heavy atom. The third-order valence-electron chi connectivity index (χ3n) is 3.60. The Bertz CT molecular complexity index is 590. The van der Waals surface area contributed by atoms with Crippen LogP contribution < -0.4 is 5.32 Å². The molecule has 0 radical (unpaired) electrons. The molecule has 0 amide bonds. The maximum Gasteiger partial charge on any atom is 0.0465 e. The molecular weight excluding hydrogens is 208 g/mol. The van der Waals surface area contributed by atoms with Gasteiger partial charge in [0.1, 0.15) is 0 Å². The average Bonchev–Trinajstić information content (AvgIpc) is 2.68. The van der Waals surface area contributed by atoms with E-state index in [0.717, 1.165) is 19.5 Å². The van der Waals surface area contributed by atoms with Gasteiger partial charge in [0.15, 0.2) is 0 Å². The highest BCUT2D eigenvalue weighted by Gasteiger charge is 2.15. The molecule has 2 nitrogen and oxygen atoms in total. The summed E-state index contributed by atoms with van der Waals surface area (Å²) >= 11 is 0. The third kappa shape index (κ3) is 1.69. The molecule has 0 spiro atoms. The van der Waals surface area contributed by atoms with Crippen LogP contribution in [0.2, 0.25) is 0 Å². The zero-order valence-corrected chi connectivity index (χ0v) is 10.4. The highest BCUT2D eigenvalue weighted by atomic mass is 14.9.